The van der Waals surface area contributed by atoms with Crippen molar-refractivity contribution in [3.63, 3.8) is 0 Å². The van der Waals surface area contributed by atoms with Crippen molar-refractivity contribution in [3.05, 3.63) is 35.4 Å². The van der Waals surface area contributed by atoms with Gasteiger partial charge in [0.05, 0.1) is 0 Å². The van der Waals surface area contributed by atoms with E-state index in [1.807, 2.05) is 0 Å². The fraction of sp³-hybridized carbons (Fsp3) is 0.667. The van der Waals surface area contributed by atoms with Crippen LogP contribution in [0.25, 0.3) is 0 Å². The SMILES string of the molecule is CCCCN(CCCC)Cc1cccc(CNCC)c1. The lowest BCUT2D eigenvalue weighted by Gasteiger charge is -2.22. The highest BCUT2D eigenvalue weighted by Crippen LogP contribution is 2.10. The van der Waals surface area contributed by atoms with Gasteiger partial charge in [-0.15, -0.1) is 0 Å². The second-order valence-corrected chi connectivity index (χ2v) is 5.58. The monoisotopic (exact) mass is 276 g/mol. The van der Waals surface area contributed by atoms with Gasteiger partial charge in [0.2, 0.25) is 0 Å². The number of unbranched alkanes of at least 4 members (excludes halogenated alkanes) is 2. The zero-order valence-electron chi connectivity index (χ0n) is 13.6. The van der Waals surface area contributed by atoms with Crippen molar-refractivity contribution in [3.8, 4) is 0 Å². The van der Waals surface area contributed by atoms with Crippen LogP contribution in [0.2, 0.25) is 0 Å². The summed E-state index contributed by atoms with van der Waals surface area (Å²) in [6, 6.07) is 9.03. The molecule has 0 unspecified atom stereocenters. The van der Waals surface area contributed by atoms with E-state index in [1.165, 1.54) is 49.9 Å². The van der Waals surface area contributed by atoms with E-state index in [0.29, 0.717) is 0 Å². The summed E-state index contributed by atoms with van der Waals surface area (Å²) in [6.07, 6.45) is 5.17. The number of nitrogens with zero attached hydrogens (tertiary/aromatic N) is 1. The highest BCUT2D eigenvalue weighted by molar-refractivity contribution is 5.23. The Morgan fingerprint density at radius 3 is 2.20 bits per heavy atom. The Labute approximate surface area is 125 Å². The van der Waals surface area contributed by atoms with Gasteiger partial charge in [-0.1, -0.05) is 57.9 Å². The first-order valence-electron chi connectivity index (χ1n) is 8.31. The number of benzene rings is 1. The molecular formula is C18H32N2. The molecule has 0 radical (unpaired) electrons. The fourth-order valence-corrected chi connectivity index (χ4v) is 2.40. The van der Waals surface area contributed by atoms with E-state index >= 15 is 0 Å². The summed E-state index contributed by atoms with van der Waals surface area (Å²) in [5.41, 5.74) is 2.85. The van der Waals surface area contributed by atoms with Gasteiger partial charge < -0.3 is 5.32 Å². The van der Waals surface area contributed by atoms with E-state index in [1.54, 1.807) is 0 Å². The summed E-state index contributed by atoms with van der Waals surface area (Å²) in [7, 11) is 0. The molecule has 0 aliphatic heterocycles. The first kappa shape index (κ1) is 17.2. The number of rotatable bonds is 11. The van der Waals surface area contributed by atoms with E-state index in [4.69, 9.17) is 0 Å². The Hall–Kier alpha value is -0.860. The molecule has 0 spiro atoms. The molecule has 114 valence electrons. The van der Waals surface area contributed by atoms with Crippen LogP contribution in [0.5, 0.6) is 0 Å². The number of nitrogens with one attached hydrogen (secondary N) is 1. The standard InChI is InChI=1S/C18H32N2/c1-4-7-12-20(13-8-5-2)16-18-11-9-10-17(14-18)15-19-6-3/h9-11,14,19H,4-8,12-13,15-16H2,1-3H3. The minimum atomic E-state index is 0.980. The van der Waals surface area contributed by atoms with Gasteiger partial charge in [0.25, 0.3) is 0 Å². The molecule has 0 bridgehead atoms. The van der Waals surface area contributed by atoms with Crippen LogP contribution >= 0.6 is 0 Å². The van der Waals surface area contributed by atoms with E-state index in [9.17, 15) is 0 Å². The van der Waals surface area contributed by atoms with Crippen molar-refractivity contribution in [2.75, 3.05) is 19.6 Å². The third kappa shape index (κ3) is 7.06. The summed E-state index contributed by atoms with van der Waals surface area (Å²) in [5.74, 6) is 0. The Morgan fingerprint density at radius 2 is 1.60 bits per heavy atom. The first-order chi connectivity index (χ1) is 9.80. The Morgan fingerprint density at radius 1 is 0.950 bits per heavy atom. The lowest BCUT2D eigenvalue weighted by Crippen LogP contribution is -2.25. The van der Waals surface area contributed by atoms with Crippen molar-refractivity contribution < 1.29 is 0 Å². The molecule has 0 aliphatic carbocycles. The summed E-state index contributed by atoms with van der Waals surface area (Å²) in [4.78, 5) is 2.61. The summed E-state index contributed by atoms with van der Waals surface area (Å²) >= 11 is 0. The largest absolute Gasteiger partial charge is 0.313 e. The van der Waals surface area contributed by atoms with Crippen LogP contribution in [0.4, 0.5) is 0 Å². The van der Waals surface area contributed by atoms with Crippen molar-refractivity contribution in [1.29, 1.82) is 0 Å². The molecule has 1 N–H and O–H groups in total. The van der Waals surface area contributed by atoms with Gasteiger partial charge in [0.1, 0.15) is 0 Å². The lowest BCUT2D eigenvalue weighted by atomic mass is 10.1. The highest BCUT2D eigenvalue weighted by Gasteiger charge is 2.05. The Kier molecular flexibility index (Phi) is 9.35. The molecule has 0 aromatic heterocycles. The maximum absolute atomic E-state index is 3.40. The van der Waals surface area contributed by atoms with E-state index in [2.05, 4.69) is 55.3 Å². The molecule has 2 nitrogen and oxygen atoms in total. The molecule has 1 rings (SSSR count). The van der Waals surface area contributed by atoms with Crippen molar-refractivity contribution in [2.24, 2.45) is 0 Å². The van der Waals surface area contributed by atoms with E-state index < -0.39 is 0 Å². The van der Waals surface area contributed by atoms with Gasteiger partial charge in [-0.2, -0.15) is 0 Å². The minimum absolute atomic E-state index is 0.980. The molecule has 1 aromatic rings. The van der Waals surface area contributed by atoms with Crippen LogP contribution in [-0.4, -0.2) is 24.5 Å². The second-order valence-electron chi connectivity index (χ2n) is 5.58. The second kappa shape index (κ2) is 10.9. The molecule has 0 saturated heterocycles. The average molecular weight is 276 g/mol. The minimum Gasteiger partial charge on any atom is -0.313 e. The van der Waals surface area contributed by atoms with Crippen LogP contribution < -0.4 is 5.32 Å². The quantitative estimate of drug-likeness (QED) is 0.651. The third-order valence-corrected chi connectivity index (χ3v) is 3.63. The molecule has 0 saturated carbocycles. The fourth-order valence-electron chi connectivity index (χ4n) is 2.40. The molecule has 0 amide bonds. The Bertz CT molecular complexity index is 341. The molecule has 20 heavy (non-hydrogen) atoms. The van der Waals surface area contributed by atoms with Crippen LogP contribution in [0, 0.1) is 0 Å². The van der Waals surface area contributed by atoms with Crippen molar-refractivity contribution in [2.45, 2.75) is 59.5 Å². The number of hydrogen-bond donors (Lipinski definition) is 1. The van der Waals surface area contributed by atoms with Crippen LogP contribution in [0.15, 0.2) is 24.3 Å². The first-order valence-corrected chi connectivity index (χ1v) is 8.31. The molecular weight excluding hydrogens is 244 g/mol. The van der Waals surface area contributed by atoms with Crippen molar-refractivity contribution in [1.82, 2.24) is 10.2 Å². The molecule has 0 heterocycles. The van der Waals surface area contributed by atoms with Gasteiger partial charge in [0, 0.05) is 13.1 Å². The predicted molar refractivity (Wildman–Crippen MR) is 88.9 cm³/mol. The predicted octanol–water partition coefficient (Wildman–Crippen LogP) is 4.20. The van der Waals surface area contributed by atoms with Crippen LogP contribution in [-0.2, 0) is 13.1 Å². The van der Waals surface area contributed by atoms with Gasteiger partial charge in [-0.05, 0) is 43.6 Å². The van der Waals surface area contributed by atoms with Gasteiger partial charge in [0.15, 0.2) is 0 Å². The molecule has 2 heteroatoms. The maximum atomic E-state index is 3.40. The van der Waals surface area contributed by atoms with Crippen LogP contribution in [0.1, 0.15) is 57.6 Å². The average Bonchev–Trinajstić information content (AvgIpc) is 2.48. The Balaban J connectivity index is 2.56. The lowest BCUT2D eigenvalue weighted by molar-refractivity contribution is 0.257. The van der Waals surface area contributed by atoms with Gasteiger partial charge in [-0.25, -0.2) is 0 Å². The summed E-state index contributed by atoms with van der Waals surface area (Å²) in [5, 5.41) is 3.40. The zero-order chi connectivity index (χ0) is 14.6. The zero-order valence-corrected chi connectivity index (χ0v) is 13.6. The van der Waals surface area contributed by atoms with E-state index in [0.717, 1.165) is 19.6 Å². The smallest absolute Gasteiger partial charge is 0.0233 e. The third-order valence-electron chi connectivity index (χ3n) is 3.63. The normalized spacial score (nSPS) is 11.2. The molecule has 0 fully saturated rings. The van der Waals surface area contributed by atoms with E-state index in [-0.39, 0.29) is 0 Å². The van der Waals surface area contributed by atoms with Gasteiger partial charge in [-0.3, -0.25) is 4.90 Å². The highest BCUT2D eigenvalue weighted by atomic mass is 15.1. The molecule has 0 aliphatic rings. The maximum Gasteiger partial charge on any atom is 0.0233 e. The van der Waals surface area contributed by atoms with Crippen LogP contribution in [0.3, 0.4) is 0 Å². The summed E-state index contributed by atoms with van der Waals surface area (Å²) < 4.78 is 0. The molecule has 0 atom stereocenters. The van der Waals surface area contributed by atoms with Crippen molar-refractivity contribution >= 4 is 0 Å². The van der Waals surface area contributed by atoms with Gasteiger partial charge >= 0.3 is 0 Å². The topological polar surface area (TPSA) is 15.3 Å². The summed E-state index contributed by atoms with van der Waals surface area (Å²) in [6.45, 7) is 12.3. The molecule has 1 aromatic carbocycles. The number of hydrogen-bond acceptors (Lipinski definition) is 2.